The second kappa shape index (κ2) is 7.44. The largest absolute Gasteiger partial charge is 0.493 e. The summed E-state index contributed by atoms with van der Waals surface area (Å²) in [4.78, 5) is 26.7. The quantitative estimate of drug-likeness (QED) is 0.675. The van der Waals surface area contributed by atoms with E-state index in [1.54, 1.807) is 32.8 Å². The Morgan fingerprint density at radius 3 is 2.44 bits per heavy atom. The van der Waals surface area contributed by atoms with Gasteiger partial charge >= 0.3 is 5.69 Å². The topological polar surface area (TPSA) is 62.5 Å². The molecule has 0 radical (unpaired) electrons. The van der Waals surface area contributed by atoms with Gasteiger partial charge in [0.05, 0.1) is 19.6 Å². The molecule has 6 nitrogen and oxygen atoms in total. The number of aryl methyl sites for hydroxylation is 2. The van der Waals surface area contributed by atoms with E-state index in [0.29, 0.717) is 28.3 Å². The van der Waals surface area contributed by atoms with Gasteiger partial charge in [0.15, 0.2) is 11.5 Å². The summed E-state index contributed by atoms with van der Waals surface area (Å²) < 4.78 is 13.4. The molecular weight excluding hydrogens is 364 g/mol. The average Bonchev–Trinajstić information content (AvgIpc) is 3.01. The fourth-order valence-corrected chi connectivity index (χ4v) is 4.22. The zero-order valence-electron chi connectivity index (χ0n) is 16.0. The highest BCUT2D eigenvalue weighted by Crippen LogP contribution is 2.31. The van der Waals surface area contributed by atoms with Crippen molar-refractivity contribution in [2.75, 3.05) is 14.2 Å². The Morgan fingerprint density at radius 1 is 1.11 bits per heavy atom. The first-order chi connectivity index (χ1) is 12.9. The van der Waals surface area contributed by atoms with Gasteiger partial charge in [-0.1, -0.05) is 12.1 Å². The van der Waals surface area contributed by atoms with Gasteiger partial charge in [0.2, 0.25) is 0 Å². The fraction of sp³-hybridized carbons (Fsp3) is 0.300. The Labute approximate surface area is 160 Å². The third-order valence-electron chi connectivity index (χ3n) is 4.60. The zero-order chi connectivity index (χ0) is 19.7. The van der Waals surface area contributed by atoms with Gasteiger partial charge in [-0.05, 0) is 43.2 Å². The van der Waals surface area contributed by atoms with Crippen LogP contribution in [-0.2, 0) is 13.6 Å². The minimum atomic E-state index is -0.285. The van der Waals surface area contributed by atoms with Gasteiger partial charge in [-0.15, -0.1) is 11.3 Å². The van der Waals surface area contributed by atoms with Crippen LogP contribution >= 0.6 is 11.3 Å². The number of hydrogen-bond acceptors (Lipinski definition) is 5. The van der Waals surface area contributed by atoms with Gasteiger partial charge in [0.25, 0.3) is 5.56 Å². The number of rotatable bonds is 5. The summed E-state index contributed by atoms with van der Waals surface area (Å²) in [6, 6.07) is 5.66. The van der Waals surface area contributed by atoms with E-state index in [-0.39, 0.29) is 11.2 Å². The molecule has 0 N–H and O–H groups in total. The van der Waals surface area contributed by atoms with Crippen molar-refractivity contribution >= 4 is 33.7 Å². The molecule has 0 spiro atoms. The molecule has 27 heavy (non-hydrogen) atoms. The van der Waals surface area contributed by atoms with Gasteiger partial charge in [0.1, 0.15) is 4.83 Å². The van der Waals surface area contributed by atoms with Crippen molar-refractivity contribution in [3.05, 3.63) is 55.0 Å². The Balaban J connectivity index is 2.11. The lowest BCUT2D eigenvalue weighted by Gasteiger charge is -2.07. The fourth-order valence-electron chi connectivity index (χ4n) is 3.06. The number of nitrogens with zero attached hydrogens (tertiary/aromatic N) is 2. The van der Waals surface area contributed by atoms with Crippen LogP contribution in [0.15, 0.2) is 27.8 Å². The van der Waals surface area contributed by atoms with Crippen LogP contribution in [-0.4, -0.2) is 23.4 Å². The summed E-state index contributed by atoms with van der Waals surface area (Å²) in [5, 5.41) is 0.607. The van der Waals surface area contributed by atoms with Crippen LogP contribution in [0.2, 0.25) is 0 Å². The van der Waals surface area contributed by atoms with E-state index in [2.05, 4.69) is 0 Å². The first-order valence-electron chi connectivity index (χ1n) is 8.55. The predicted molar refractivity (Wildman–Crippen MR) is 110 cm³/mol. The molecule has 0 bridgehead atoms. The van der Waals surface area contributed by atoms with Gasteiger partial charge in [0, 0.05) is 18.5 Å². The normalized spacial score (nSPS) is 11.4. The second-order valence-electron chi connectivity index (χ2n) is 6.11. The maximum absolute atomic E-state index is 12.7. The van der Waals surface area contributed by atoms with E-state index in [9.17, 15) is 9.59 Å². The SMILES string of the molecule is CCn1c(=O)c2c(C)c(C=Cc3ccc(OC)c(OC)c3)sc2n(C)c1=O. The summed E-state index contributed by atoms with van der Waals surface area (Å²) in [7, 11) is 4.90. The third kappa shape index (κ3) is 3.19. The van der Waals surface area contributed by atoms with E-state index >= 15 is 0 Å². The van der Waals surface area contributed by atoms with Gasteiger partial charge in [-0.2, -0.15) is 0 Å². The molecule has 142 valence electrons. The van der Waals surface area contributed by atoms with E-state index in [0.717, 1.165) is 16.0 Å². The summed E-state index contributed by atoms with van der Waals surface area (Å²) in [6.45, 7) is 4.07. The monoisotopic (exact) mass is 386 g/mol. The van der Waals surface area contributed by atoms with Crippen molar-refractivity contribution < 1.29 is 9.47 Å². The van der Waals surface area contributed by atoms with Crippen LogP contribution in [0.1, 0.15) is 22.9 Å². The van der Waals surface area contributed by atoms with Gasteiger partial charge in [-0.25, -0.2) is 4.79 Å². The van der Waals surface area contributed by atoms with Crippen LogP contribution < -0.4 is 20.7 Å². The van der Waals surface area contributed by atoms with Gasteiger partial charge < -0.3 is 9.47 Å². The van der Waals surface area contributed by atoms with Crippen molar-refractivity contribution in [3.63, 3.8) is 0 Å². The standard InChI is InChI=1S/C20H22N2O4S/c1-6-22-18(23)17-12(2)16(27-19(17)21(3)20(22)24)10-8-13-7-9-14(25-4)15(11-13)26-5/h7-11H,6H2,1-5H3. The van der Waals surface area contributed by atoms with Crippen molar-refractivity contribution in [1.82, 2.24) is 9.13 Å². The van der Waals surface area contributed by atoms with Crippen LogP contribution in [0.5, 0.6) is 11.5 Å². The summed E-state index contributed by atoms with van der Waals surface area (Å²) in [5.74, 6) is 1.32. The Hall–Kier alpha value is -2.80. The third-order valence-corrected chi connectivity index (χ3v) is 5.93. The number of fused-ring (bicyclic) bond motifs is 1. The molecule has 1 aromatic carbocycles. The molecule has 0 saturated carbocycles. The van der Waals surface area contributed by atoms with Crippen LogP contribution in [0.25, 0.3) is 22.4 Å². The van der Waals surface area contributed by atoms with Crippen molar-refractivity contribution in [3.8, 4) is 11.5 Å². The lowest BCUT2D eigenvalue weighted by Crippen LogP contribution is -2.38. The number of aromatic nitrogens is 2. The molecule has 0 atom stereocenters. The maximum atomic E-state index is 12.7. The highest BCUT2D eigenvalue weighted by atomic mass is 32.1. The van der Waals surface area contributed by atoms with Gasteiger partial charge in [-0.3, -0.25) is 13.9 Å². The summed E-state index contributed by atoms with van der Waals surface area (Å²) in [5.41, 5.74) is 1.32. The molecule has 3 aromatic rings. The second-order valence-corrected chi connectivity index (χ2v) is 7.14. The number of ether oxygens (including phenoxy) is 2. The number of methoxy groups -OCH3 is 2. The minimum absolute atomic E-state index is 0.227. The van der Waals surface area contributed by atoms with Crippen molar-refractivity contribution in [2.24, 2.45) is 7.05 Å². The molecule has 3 rings (SSSR count). The molecule has 0 unspecified atom stereocenters. The highest BCUT2D eigenvalue weighted by molar-refractivity contribution is 7.19. The molecule has 0 aliphatic carbocycles. The molecule has 2 aromatic heterocycles. The number of hydrogen-bond donors (Lipinski definition) is 0. The highest BCUT2D eigenvalue weighted by Gasteiger charge is 2.16. The number of thiophene rings is 1. The summed E-state index contributed by atoms with van der Waals surface area (Å²) in [6.07, 6.45) is 3.91. The molecular formula is C20H22N2O4S. The molecule has 0 saturated heterocycles. The van der Waals surface area contributed by atoms with Crippen LogP contribution in [0.4, 0.5) is 0 Å². The molecule has 0 fully saturated rings. The zero-order valence-corrected chi connectivity index (χ0v) is 16.8. The lowest BCUT2D eigenvalue weighted by molar-refractivity contribution is 0.355. The molecule has 7 heteroatoms. The predicted octanol–water partition coefficient (Wildman–Crippen LogP) is 3.28. The average molecular weight is 386 g/mol. The Bertz CT molecular complexity index is 1150. The van der Waals surface area contributed by atoms with Crippen molar-refractivity contribution in [1.29, 1.82) is 0 Å². The first kappa shape index (κ1) is 19.0. The lowest BCUT2D eigenvalue weighted by atomic mass is 10.1. The van der Waals surface area contributed by atoms with Crippen LogP contribution in [0, 0.1) is 6.92 Å². The van der Waals surface area contributed by atoms with Crippen LogP contribution in [0.3, 0.4) is 0 Å². The van der Waals surface area contributed by atoms with E-state index in [1.807, 2.05) is 37.3 Å². The van der Waals surface area contributed by atoms with E-state index in [4.69, 9.17) is 9.47 Å². The Morgan fingerprint density at radius 2 is 1.81 bits per heavy atom. The first-order valence-corrected chi connectivity index (χ1v) is 9.37. The Kier molecular flexibility index (Phi) is 5.23. The van der Waals surface area contributed by atoms with E-state index in [1.165, 1.54) is 15.9 Å². The van der Waals surface area contributed by atoms with Crippen molar-refractivity contribution in [2.45, 2.75) is 20.4 Å². The smallest absolute Gasteiger partial charge is 0.331 e. The van der Waals surface area contributed by atoms with E-state index < -0.39 is 0 Å². The molecule has 0 aliphatic heterocycles. The summed E-state index contributed by atoms with van der Waals surface area (Å²) >= 11 is 1.44. The molecule has 0 aliphatic rings. The molecule has 2 heterocycles. The number of benzene rings is 1. The maximum Gasteiger partial charge on any atom is 0.331 e. The minimum Gasteiger partial charge on any atom is -0.493 e. The molecule has 0 amide bonds.